The number of hydrogen-bond acceptors (Lipinski definition) is 5. The van der Waals surface area contributed by atoms with Crippen LogP contribution < -0.4 is 10.5 Å². The summed E-state index contributed by atoms with van der Waals surface area (Å²) in [4.78, 5) is 13.7. The van der Waals surface area contributed by atoms with Crippen LogP contribution in [-0.2, 0) is 6.54 Å². The van der Waals surface area contributed by atoms with E-state index >= 15 is 0 Å². The Hall–Kier alpha value is -2.15. The lowest BCUT2D eigenvalue weighted by molar-refractivity contribution is 0.306. The molecule has 0 radical (unpaired) electrons. The van der Waals surface area contributed by atoms with Crippen molar-refractivity contribution in [2.24, 2.45) is 21.6 Å². The Kier molecular flexibility index (Phi) is 3.68. The van der Waals surface area contributed by atoms with Gasteiger partial charge in [0, 0.05) is 10.7 Å². The molecular weight excluding hydrogens is 370 g/mol. The van der Waals surface area contributed by atoms with Crippen molar-refractivity contribution in [2.75, 3.05) is 6.61 Å². The average molecular weight is 388 g/mol. The minimum Gasteiger partial charge on any atom is -0.491 e. The first-order valence-corrected chi connectivity index (χ1v) is 8.74. The first kappa shape index (κ1) is 15.4. The van der Waals surface area contributed by atoms with Gasteiger partial charge in [0.15, 0.2) is 0 Å². The van der Waals surface area contributed by atoms with E-state index in [1.807, 2.05) is 24.4 Å². The summed E-state index contributed by atoms with van der Waals surface area (Å²) in [7, 11) is 0. The van der Waals surface area contributed by atoms with Crippen LogP contribution in [0, 0.1) is 5.92 Å². The highest BCUT2D eigenvalue weighted by atomic mass is 79.9. The molecule has 7 heteroatoms. The second-order valence-corrected chi connectivity index (χ2v) is 7.22. The summed E-state index contributed by atoms with van der Waals surface area (Å²) in [6, 6.07) is 5.96. The lowest BCUT2D eigenvalue weighted by Crippen LogP contribution is -2.23. The van der Waals surface area contributed by atoms with Gasteiger partial charge in [-0.2, -0.15) is 0 Å². The predicted molar refractivity (Wildman–Crippen MR) is 97.6 cm³/mol. The SMILES string of the molecule is CC(C)C1N=C(N)N=C1c1cn2c(n1)-c1ccc(Br)cc1OCC2. The molecule has 0 aliphatic carbocycles. The van der Waals surface area contributed by atoms with Gasteiger partial charge in [0.25, 0.3) is 0 Å². The number of guanidine groups is 1. The number of imidazole rings is 1. The van der Waals surface area contributed by atoms with E-state index in [2.05, 4.69) is 44.3 Å². The second kappa shape index (κ2) is 5.73. The fourth-order valence-electron chi connectivity index (χ4n) is 3.07. The largest absolute Gasteiger partial charge is 0.491 e. The Labute approximate surface area is 148 Å². The summed E-state index contributed by atoms with van der Waals surface area (Å²) in [6.07, 6.45) is 2.03. The predicted octanol–water partition coefficient (Wildman–Crippen LogP) is 2.85. The molecule has 4 rings (SSSR count). The van der Waals surface area contributed by atoms with Crippen LogP contribution in [-0.4, -0.2) is 33.9 Å². The molecule has 2 N–H and O–H groups in total. The first-order valence-electron chi connectivity index (χ1n) is 7.95. The lowest BCUT2D eigenvalue weighted by atomic mass is 9.99. The number of nitrogens with zero attached hydrogens (tertiary/aromatic N) is 4. The van der Waals surface area contributed by atoms with Crippen LogP contribution in [0.25, 0.3) is 11.4 Å². The molecule has 124 valence electrons. The smallest absolute Gasteiger partial charge is 0.216 e. The van der Waals surface area contributed by atoms with Crippen molar-refractivity contribution in [2.45, 2.75) is 26.4 Å². The van der Waals surface area contributed by atoms with E-state index in [1.165, 1.54) is 0 Å². The zero-order valence-electron chi connectivity index (χ0n) is 13.5. The maximum atomic E-state index is 5.85. The maximum absolute atomic E-state index is 5.85. The van der Waals surface area contributed by atoms with Crippen molar-refractivity contribution in [1.29, 1.82) is 0 Å². The van der Waals surface area contributed by atoms with Gasteiger partial charge < -0.3 is 15.0 Å². The third kappa shape index (κ3) is 2.53. The Morgan fingerprint density at radius 3 is 3.00 bits per heavy atom. The normalized spacial score (nSPS) is 19.2. The molecule has 2 aromatic rings. The summed E-state index contributed by atoms with van der Waals surface area (Å²) in [5.41, 5.74) is 8.50. The molecule has 6 nitrogen and oxygen atoms in total. The molecule has 0 saturated carbocycles. The summed E-state index contributed by atoms with van der Waals surface area (Å²) in [5, 5.41) is 0. The van der Waals surface area contributed by atoms with Crippen molar-refractivity contribution in [3.8, 4) is 17.1 Å². The van der Waals surface area contributed by atoms with Gasteiger partial charge in [0.2, 0.25) is 5.96 Å². The monoisotopic (exact) mass is 387 g/mol. The number of hydrogen-bond donors (Lipinski definition) is 1. The van der Waals surface area contributed by atoms with Crippen molar-refractivity contribution in [3.05, 3.63) is 34.6 Å². The molecule has 1 aromatic heterocycles. The van der Waals surface area contributed by atoms with E-state index in [-0.39, 0.29) is 6.04 Å². The van der Waals surface area contributed by atoms with Crippen molar-refractivity contribution in [1.82, 2.24) is 9.55 Å². The van der Waals surface area contributed by atoms with E-state index in [4.69, 9.17) is 15.5 Å². The van der Waals surface area contributed by atoms with Gasteiger partial charge in [-0.15, -0.1) is 0 Å². The number of benzene rings is 1. The van der Waals surface area contributed by atoms with Gasteiger partial charge in [-0.25, -0.2) is 15.0 Å². The van der Waals surface area contributed by atoms with Gasteiger partial charge >= 0.3 is 0 Å². The summed E-state index contributed by atoms with van der Waals surface area (Å²) in [6.45, 7) is 5.57. The molecule has 0 amide bonds. The Morgan fingerprint density at radius 2 is 2.21 bits per heavy atom. The van der Waals surface area contributed by atoms with Gasteiger partial charge in [-0.1, -0.05) is 29.8 Å². The molecule has 1 unspecified atom stereocenters. The molecule has 24 heavy (non-hydrogen) atoms. The number of aliphatic imine (C=N–C) groups is 2. The second-order valence-electron chi connectivity index (χ2n) is 6.31. The molecule has 0 bridgehead atoms. The fourth-order valence-corrected chi connectivity index (χ4v) is 3.41. The van der Waals surface area contributed by atoms with Crippen LogP contribution in [0.2, 0.25) is 0 Å². The number of aromatic nitrogens is 2. The fraction of sp³-hybridized carbons (Fsp3) is 0.353. The van der Waals surface area contributed by atoms with Crippen molar-refractivity contribution >= 4 is 27.6 Å². The average Bonchev–Trinajstić information content (AvgIpc) is 3.07. The van der Waals surface area contributed by atoms with Crippen LogP contribution in [0.3, 0.4) is 0 Å². The van der Waals surface area contributed by atoms with E-state index in [0.717, 1.165) is 39.6 Å². The molecule has 1 aromatic carbocycles. The van der Waals surface area contributed by atoms with Crippen LogP contribution in [0.1, 0.15) is 19.5 Å². The highest BCUT2D eigenvalue weighted by Crippen LogP contribution is 2.34. The Balaban J connectivity index is 1.80. The standard InChI is InChI=1S/C17H18BrN5O/c1-9(2)14-15(22-17(19)21-14)12-8-23-5-6-24-13-7-10(18)3-4-11(13)16(23)20-12/h3-4,7-9,14H,5-6H2,1-2H3,(H2,19,21). The number of fused-ring (bicyclic) bond motifs is 3. The minimum absolute atomic E-state index is 0.0372. The zero-order valence-corrected chi connectivity index (χ0v) is 15.1. The van der Waals surface area contributed by atoms with Gasteiger partial charge in [-0.05, 0) is 24.1 Å². The molecule has 1 atom stereocenters. The number of halogens is 1. The topological polar surface area (TPSA) is 77.8 Å². The molecular formula is C17H18BrN5O. The van der Waals surface area contributed by atoms with E-state index < -0.39 is 0 Å². The highest BCUT2D eigenvalue weighted by Gasteiger charge is 2.29. The van der Waals surface area contributed by atoms with Crippen molar-refractivity contribution < 1.29 is 4.74 Å². The van der Waals surface area contributed by atoms with Crippen LogP contribution >= 0.6 is 15.9 Å². The summed E-state index contributed by atoms with van der Waals surface area (Å²) >= 11 is 3.49. The summed E-state index contributed by atoms with van der Waals surface area (Å²) in [5.74, 6) is 2.38. The highest BCUT2D eigenvalue weighted by molar-refractivity contribution is 9.10. The maximum Gasteiger partial charge on any atom is 0.216 e. The molecule has 0 saturated heterocycles. The van der Waals surface area contributed by atoms with Gasteiger partial charge in [-0.3, -0.25) is 0 Å². The zero-order chi connectivity index (χ0) is 16.8. The lowest BCUT2D eigenvalue weighted by Gasteiger charge is -2.12. The van der Waals surface area contributed by atoms with Crippen LogP contribution in [0.15, 0.2) is 38.9 Å². The Bertz CT molecular complexity index is 868. The van der Waals surface area contributed by atoms with E-state index in [0.29, 0.717) is 18.5 Å². The summed E-state index contributed by atoms with van der Waals surface area (Å²) < 4.78 is 8.95. The van der Waals surface area contributed by atoms with Gasteiger partial charge in [0.1, 0.15) is 29.9 Å². The molecule has 2 aliphatic heterocycles. The number of rotatable bonds is 2. The van der Waals surface area contributed by atoms with Crippen LogP contribution in [0.4, 0.5) is 0 Å². The quantitative estimate of drug-likeness (QED) is 0.860. The number of nitrogens with two attached hydrogens (primary N) is 1. The van der Waals surface area contributed by atoms with Crippen molar-refractivity contribution in [3.63, 3.8) is 0 Å². The van der Waals surface area contributed by atoms with E-state index in [9.17, 15) is 0 Å². The molecule has 2 aliphatic rings. The minimum atomic E-state index is -0.0372. The molecule has 3 heterocycles. The van der Waals surface area contributed by atoms with Crippen LogP contribution in [0.5, 0.6) is 5.75 Å². The number of ether oxygens (including phenoxy) is 1. The third-order valence-electron chi connectivity index (χ3n) is 4.23. The first-order chi connectivity index (χ1) is 11.5. The molecule has 0 spiro atoms. The molecule has 0 fully saturated rings. The van der Waals surface area contributed by atoms with E-state index in [1.54, 1.807) is 0 Å². The van der Waals surface area contributed by atoms with Gasteiger partial charge in [0.05, 0.1) is 17.8 Å². The third-order valence-corrected chi connectivity index (χ3v) is 4.72. The Morgan fingerprint density at radius 1 is 1.38 bits per heavy atom.